The average Bonchev–Trinajstić information content (AvgIpc) is 2.78. The Morgan fingerprint density at radius 2 is 1.65 bits per heavy atom. The van der Waals surface area contributed by atoms with E-state index in [0.717, 1.165) is 10.6 Å². The van der Waals surface area contributed by atoms with Crippen LogP contribution in [0.2, 0.25) is 5.02 Å². The third-order valence-corrected chi connectivity index (χ3v) is 7.72. The molecule has 3 aromatic carbocycles. The van der Waals surface area contributed by atoms with Crippen molar-refractivity contribution in [2.75, 3.05) is 27.1 Å². The quantitative estimate of drug-likeness (QED) is 0.513. The zero-order valence-electron chi connectivity index (χ0n) is 17.8. The molecule has 1 atom stereocenters. The van der Waals surface area contributed by atoms with Crippen LogP contribution in [0.5, 0.6) is 5.75 Å². The number of anilines is 3. The smallest absolute Gasteiger partial charge is 0.267 e. The highest BCUT2D eigenvalue weighted by Crippen LogP contribution is 2.37. The summed E-state index contributed by atoms with van der Waals surface area (Å²) in [6, 6.07) is 18.5. The number of amides is 1. The number of benzene rings is 3. The fraction of sp³-hybridized carbons (Fsp3) is 0.136. The van der Waals surface area contributed by atoms with E-state index in [9.17, 15) is 21.6 Å². The number of ether oxygens (including phenoxy) is 1. The number of rotatable bonds is 6. The molecule has 34 heavy (non-hydrogen) atoms. The van der Waals surface area contributed by atoms with Crippen molar-refractivity contribution in [2.24, 2.45) is 0 Å². The molecule has 0 aliphatic carbocycles. The molecule has 1 amide bonds. The van der Waals surface area contributed by atoms with Gasteiger partial charge in [-0.05, 0) is 54.6 Å². The summed E-state index contributed by atoms with van der Waals surface area (Å²) in [7, 11) is -7.51. The number of nitrogens with one attached hydrogen (secondary N) is 2. The molecule has 3 aromatic rings. The summed E-state index contributed by atoms with van der Waals surface area (Å²) in [6.45, 7) is -0.245. The summed E-state index contributed by atoms with van der Waals surface area (Å²) < 4.78 is 58.9. The molecule has 0 bridgehead atoms. The van der Waals surface area contributed by atoms with Gasteiger partial charge in [0, 0.05) is 16.4 Å². The van der Waals surface area contributed by atoms with Gasteiger partial charge in [0.2, 0.25) is 10.0 Å². The van der Waals surface area contributed by atoms with Gasteiger partial charge in [0.15, 0.2) is 6.10 Å². The van der Waals surface area contributed by atoms with Crippen molar-refractivity contribution < 1.29 is 26.4 Å². The number of hydrogen-bond donors (Lipinski definition) is 2. The van der Waals surface area contributed by atoms with E-state index in [2.05, 4.69) is 10.0 Å². The molecule has 2 N–H and O–H groups in total. The van der Waals surface area contributed by atoms with Crippen LogP contribution in [0.15, 0.2) is 77.7 Å². The van der Waals surface area contributed by atoms with Crippen LogP contribution in [0.4, 0.5) is 17.1 Å². The molecule has 0 unspecified atom stereocenters. The van der Waals surface area contributed by atoms with Crippen molar-refractivity contribution in [3.05, 3.63) is 77.8 Å². The Balaban J connectivity index is 1.49. The highest BCUT2D eigenvalue weighted by molar-refractivity contribution is 7.92. The van der Waals surface area contributed by atoms with Gasteiger partial charge in [0.1, 0.15) is 5.75 Å². The van der Waals surface area contributed by atoms with Gasteiger partial charge >= 0.3 is 0 Å². The van der Waals surface area contributed by atoms with E-state index in [-0.39, 0.29) is 22.9 Å². The lowest BCUT2D eigenvalue weighted by molar-refractivity contribution is -0.122. The van der Waals surface area contributed by atoms with Crippen LogP contribution >= 0.6 is 11.6 Å². The maximum absolute atomic E-state index is 12.8. The van der Waals surface area contributed by atoms with Gasteiger partial charge in [0.25, 0.3) is 15.9 Å². The fourth-order valence-electron chi connectivity index (χ4n) is 3.34. The molecule has 0 saturated heterocycles. The van der Waals surface area contributed by atoms with Crippen molar-refractivity contribution in [1.29, 1.82) is 0 Å². The highest BCUT2D eigenvalue weighted by Gasteiger charge is 2.35. The summed E-state index contributed by atoms with van der Waals surface area (Å²) in [5, 5.41) is 2.96. The number of hydrogen-bond acceptors (Lipinski definition) is 6. The van der Waals surface area contributed by atoms with Crippen molar-refractivity contribution in [2.45, 2.75) is 11.0 Å². The van der Waals surface area contributed by atoms with Crippen LogP contribution in [0.25, 0.3) is 0 Å². The lowest BCUT2D eigenvalue weighted by atomic mass is 10.2. The Morgan fingerprint density at radius 1 is 0.971 bits per heavy atom. The van der Waals surface area contributed by atoms with Crippen LogP contribution in [0.3, 0.4) is 0 Å². The van der Waals surface area contributed by atoms with Crippen LogP contribution in [-0.2, 0) is 24.8 Å². The number of nitrogens with zero attached hydrogens (tertiary/aromatic N) is 1. The van der Waals surface area contributed by atoms with Crippen molar-refractivity contribution in [3.63, 3.8) is 0 Å². The van der Waals surface area contributed by atoms with Gasteiger partial charge in [0.05, 0.1) is 23.4 Å². The molecule has 1 aliphatic heterocycles. The monoisotopic (exact) mass is 521 g/mol. The first-order valence-corrected chi connectivity index (χ1v) is 13.7. The van der Waals surface area contributed by atoms with Crippen molar-refractivity contribution in [3.8, 4) is 5.75 Å². The first kappa shape index (κ1) is 23.9. The molecule has 0 fully saturated rings. The lowest BCUT2D eigenvalue weighted by Crippen LogP contribution is -2.48. The molecule has 1 heterocycles. The Bertz CT molecular complexity index is 1430. The second kappa shape index (κ2) is 9.16. The lowest BCUT2D eigenvalue weighted by Gasteiger charge is -2.34. The molecular formula is C22H20ClN3O6S2. The van der Waals surface area contributed by atoms with E-state index in [0.29, 0.717) is 16.4 Å². The highest BCUT2D eigenvalue weighted by atomic mass is 35.5. The van der Waals surface area contributed by atoms with Gasteiger partial charge in [-0.2, -0.15) is 0 Å². The van der Waals surface area contributed by atoms with E-state index in [4.69, 9.17) is 16.3 Å². The average molecular weight is 522 g/mol. The minimum Gasteiger partial charge on any atom is -0.476 e. The van der Waals surface area contributed by atoms with E-state index < -0.39 is 32.1 Å². The molecule has 0 saturated carbocycles. The van der Waals surface area contributed by atoms with Gasteiger partial charge in [-0.25, -0.2) is 16.8 Å². The van der Waals surface area contributed by atoms with E-state index in [1.165, 1.54) is 42.5 Å². The summed E-state index contributed by atoms with van der Waals surface area (Å²) >= 11 is 5.98. The number of para-hydroxylation sites is 1. The third-order valence-electron chi connectivity index (χ3n) is 4.94. The van der Waals surface area contributed by atoms with Gasteiger partial charge in [-0.3, -0.25) is 13.8 Å². The zero-order valence-corrected chi connectivity index (χ0v) is 20.2. The Labute approximate surface area is 202 Å². The molecule has 0 radical (unpaired) electrons. The molecule has 178 valence electrons. The SMILES string of the molecule is CS(=O)(=O)N1C[C@H](C(=O)Nc2ccc(S(=O)(=O)Nc3ccccc3)cc2)Oc2ccc(Cl)cc21. The van der Waals surface area contributed by atoms with Crippen molar-refractivity contribution >= 4 is 54.6 Å². The van der Waals surface area contributed by atoms with Gasteiger partial charge in [-0.15, -0.1) is 0 Å². The Morgan fingerprint density at radius 3 is 2.29 bits per heavy atom. The van der Waals surface area contributed by atoms with Crippen LogP contribution in [0, 0.1) is 0 Å². The first-order valence-electron chi connectivity index (χ1n) is 9.96. The predicted molar refractivity (Wildman–Crippen MR) is 130 cm³/mol. The number of halogens is 1. The maximum atomic E-state index is 12.8. The zero-order chi connectivity index (χ0) is 24.5. The van der Waals surface area contributed by atoms with Crippen LogP contribution < -0.4 is 19.1 Å². The Kier molecular flexibility index (Phi) is 6.43. The molecule has 4 rings (SSSR count). The third kappa shape index (κ3) is 5.27. The minimum atomic E-state index is -3.81. The number of fused-ring (bicyclic) bond motifs is 1. The molecule has 0 aromatic heterocycles. The normalized spacial score (nSPS) is 15.7. The maximum Gasteiger partial charge on any atom is 0.267 e. The summed E-state index contributed by atoms with van der Waals surface area (Å²) in [4.78, 5) is 12.8. The van der Waals surface area contributed by atoms with E-state index in [1.807, 2.05) is 0 Å². The second-order valence-electron chi connectivity index (χ2n) is 7.50. The largest absolute Gasteiger partial charge is 0.476 e. The van der Waals surface area contributed by atoms with E-state index >= 15 is 0 Å². The first-order chi connectivity index (χ1) is 16.0. The van der Waals surface area contributed by atoms with Crippen LogP contribution in [-0.4, -0.2) is 41.6 Å². The van der Waals surface area contributed by atoms with Crippen molar-refractivity contribution in [1.82, 2.24) is 0 Å². The van der Waals surface area contributed by atoms with E-state index in [1.54, 1.807) is 30.3 Å². The Hall–Kier alpha value is -3.28. The number of sulfonamides is 2. The topological polar surface area (TPSA) is 122 Å². The van der Waals surface area contributed by atoms with Gasteiger partial charge < -0.3 is 10.1 Å². The summed E-state index contributed by atoms with van der Waals surface area (Å²) in [5.74, 6) is -0.387. The molecular weight excluding hydrogens is 502 g/mol. The fourth-order valence-corrected chi connectivity index (χ4v) is 5.47. The number of carbonyl (C=O) groups is 1. The molecule has 9 nitrogen and oxygen atoms in total. The number of carbonyl (C=O) groups excluding carboxylic acids is 1. The summed E-state index contributed by atoms with van der Waals surface area (Å²) in [5.41, 5.74) is 0.992. The molecule has 1 aliphatic rings. The minimum absolute atomic E-state index is 0.0114. The second-order valence-corrected chi connectivity index (χ2v) is 11.5. The molecule has 0 spiro atoms. The van der Waals surface area contributed by atoms with Crippen LogP contribution in [0.1, 0.15) is 0 Å². The summed E-state index contributed by atoms with van der Waals surface area (Å²) in [6.07, 6.45) is -0.104. The molecule has 12 heteroatoms. The van der Waals surface area contributed by atoms with Gasteiger partial charge in [-0.1, -0.05) is 29.8 Å². The standard InChI is InChI=1S/C22H20ClN3O6S2/c1-33(28,29)26-14-21(32-20-12-7-15(23)13-19(20)26)22(27)24-16-8-10-18(11-9-16)34(30,31)25-17-5-3-2-4-6-17/h2-13,21,25H,14H2,1H3,(H,24,27)/t21-/m1/s1. The predicted octanol–water partition coefficient (Wildman–Crippen LogP) is 3.31.